The number of ether oxygens (including phenoxy) is 1. The van der Waals surface area contributed by atoms with Crippen molar-refractivity contribution in [3.63, 3.8) is 0 Å². The summed E-state index contributed by atoms with van der Waals surface area (Å²) < 4.78 is 4.65. The van der Waals surface area contributed by atoms with E-state index in [1.807, 2.05) is 0 Å². The van der Waals surface area contributed by atoms with Crippen molar-refractivity contribution >= 4 is 6.47 Å². The SMILES string of the molecule is O=COCCCCCCCCCCCCCCCO. The van der Waals surface area contributed by atoms with Crippen LogP contribution in [0.15, 0.2) is 0 Å². The van der Waals surface area contributed by atoms with Crippen molar-refractivity contribution in [3.05, 3.63) is 0 Å². The normalized spacial score (nSPS) is 10.6. The number of hydrogen-bond acceptors (Lipinski definition) is 3. The maximum Gasteiger partial charge on any atom is 0.293 e. The van der Waals surface area contributed by atoms with E-state index in [-0.39, 0.29) is 0 Å². The fourth-order valence-electron chi connectivity index (χ4n) is 2.29. The van der Waals surface area contributed by atoms with Crippen LogP contribution >= 0.6 is 0 Å². The van der Waals surface area contributed by atoms with Gasteiger partial charge in [-0.2, -0.15) is 0 Å². The minimum absolute atomic E-state index is 0.348. The molecule has 0 spiro atoms. The third-order valence-electron chi connectivity index (χ3n) is 3.49. The summed E-state index contributed by atoms with van der Waals surface area (Å²) >= 11 is 0. The number of unbranched alkanes of at least 4 members (excludes halogenated alkanes) is 12. The van der Waals surface area contributed by atoms with Gasteiger partial charge in [0.1, 0.15) is 0 Å². The predicted molar refractivity (Wildman–Crippen MR) is 79.1 cm³/mol. The Morgan fingerprint density at radius 3 is 1.37 bits per heavy atom. The molecule has 0 atom stereocenters. The van der Waals surface area contributed by atoms with E-state index in [0.29, 0.717) is 19.7 Å². The maximum absolute atomic E-state index is 9.91. The highest BCUT2D eigenvalue weighted by atomic mass is 16.5. The largest absolute Gasteiger partial charge is 0.468 e. The summed E-state index contributed by atoms with van der Waals surface area (Å²) in [7, 11) is 0. The fraction of sp³-hybridized carbons (Fsp3) is 0.938. The first kappa shape index (κ1) is 18.4. The number of rotatable bonds is 16. The van der Waals surface area contributed by atoms with Gasteiger partial charge in [0.15, 0.2) is 0 Å². The van der Waals surface area contributed by atoms with E-state index in [4.69, 9.17) is 5.11 Å². The highest BCUT2D eigenvalue weighted by Crippen LogP contribution is 2.12. The molecule has 0 heterocycles. The summed E-state index contributed by atoms with van der Waals surface area (Å²) in [5.74, 6) is 0. The van der Waals surface area contributed by atoms with Crippen LogP contribution in [-0.2, 0) is 9.53 Å². The molecule has 3 nitrogen and oxygen atoms in total. The van der Waals surface area contributed by atoms with Gasteiger partial charge in [-0.25, -0.2) is 0 Å². The van der Waals surface area contributed by atoms with E-state index in [0.717, 1.165) is 12.8 Å². The third-order valence-corrected chi connectivity index (χ3v) is 3.49. The van der Waals surface area contributed by atoms with Crippen LogP contribution in [0.5, 0.6) is 0 Å². The smallest absolute Gasteiger partial charge is 0.293 e. The number of aliphatic hydroxyl groups excluding tert-OH is 1. The molecule has 0 unspecified atom stereocenters. The average Bonchev–Trinajstić information content (AvgIpc) is 2.43. The Balaban J connectivity index is 2.89. The topological polar surface area (TPSA) is 46.5 Å². The van der Waals surface area contributed by atoms with Crippen molar-refractivity contribution in [1.29, 1.82) is 0 Å². The molecule has 0 rings (SSSR count). The van der Waals surface area contributed by atoms with Crippen LogP contribution < -0.4 is 0 Å². The van der Waals surface area contributed by atoms with Crippen LogP contribution in [0, 0.1) is 0 Å². The zero-order valence-corrected chi connectivity index (χ0v) is 12.4. The van der Waals surface area contributed by atoms with Gasteiger partial charge in [-0.3, -0.25) is 4.79 Å². The molecule has 114 valence electrons. The first-order valence-electron chi connectivity index (χ1n) is 8.08. The molecule has 0 aromatic rings. The van der Waals surface area contributed by atoms with E-state index < -0.39 is 0 Å². The predicted octanol–water partition coefficient (Wildman–Crippen LogP) is 4.22. The van der Waals surface area contributed by atoms with Crippen LogP contribution in [-0.4, -0.2) is 24.8 Å². The molecule has 0 aliphatic rings. The number of carbonyl (C=O) groups is 1. The molecule has 0 aliphatic heterocycles. The molecule has 0 bridgehead atoms. The Morgan fingerprint density at radius 1 is 0.632 bits per heavy atom. The molecular formula is C16H32O3. The van der Waals surface area contributed by atoms with Crippen LogP contribution in [0.4, 0.5) is 0 Å². The van der Waals surface area contributed by atoms with Crippen LogP contribution in [0.25, 0.3) is 0 Å². The van der Waals surface area contributed by atoms with Crippen LogP contribution in [0.3, 0.4) is 0 Å². The van der Waals surface area contributed by atoms with E-state index in [9.17, 15) is 4.79 Å². The molecule has 0 fully saturated rings. The molecule has 0 aromatic carbocycles. The Bertz CT molecular complexity index is 171. The average molecular weight is 272 g/mol. The lowest BCUT2D eigenvalue weighted by atomic mass is 10.0. The first-order chi connectivity index (χ1) is 9.41. The molecule has 0 saturated heterocycles. The Labute approximate surface area is 118 Å². The molecule has 0 amide bonds. The zero-order valence-electron chi connectivity index (χ0n) is 12.4. The molecule has 0 aliphatic carbocycles. The molecular weight excluding hydrogens is 240 g/mol. The second kappa shape index (κ2) is 17.4. The fourth-order valence-corrected chi connectivity index (χ4v) is 2.29. The van der Waals surface area contributed by atoms with E-state index in [1.54, 1.807) is 0 Å². The van der Waals surface area contributed by atoms with Gasteiger partial charge in [-0.05, 0) is 12.8 Å². The number of aliphatic hydroxyl groups is 1. The monoisotopic (exact) mass is 272 g/mol. The van der Waals surface area contributed by atoms with Crippen molar-refractivity contribution < 1.29 is 14.6 Å². The Kier molecular flexibility index (Phi) is 16.9. The van der Waals surface area contributed by atoms with Crippen molar-refractivity contribution in [3.8, 4) is 0 Å². The number of carbonyl (C=O) groups excluding carboxylic acids is 1. The summed E-state index contributed by atoms with van der Waals surface area (Å²) in [5.41, 5.74) is 0. The standard InChI is InChI=1S/C16H32O3/c17-14-12-10-8-6-4-2-1-3-5-7-9-11-13-15-19-16-18/h16-17H,1-15H2. The Hall–Kier alpha value is -0.570. The summed E-state index contributed by atoms with van der Waals surface area (Å²) in [6.07, 6.45) is 16.3. The van der Waals surface area contributed by atoms with Crippen molar-refractivity contribution in [2.45, 2.75) is 83.5 Å². The molecule has 0 aromatic heterocycles. The lowest BCUT2D eigenvalue weighted by Gasteiger charge is -2.03. The lowest BCUT2D eigenvalue weighted by molar-refractivity contribution is -0.128. The molecule has 3 heteroatoms. The third kappa shape index (κ3) is 17.4. The van der Waals surface area contributed by atoms with Gasteiger partial charge in [-0.1, -0.05) is 70.6 Å². The molecule has 0 saturated carbocycles. The van der Waals surface area contributed by atoms with Gasteiger partial charge in [0, 0.05) is 6.61 Å². The van der Waals surface area contributed by atoms with Gasteiger partial charge < -0.3 is 9.84 Å². The van der Waals surface area contributed by atoms with Crippen LogP contribution in [0.1, 0.15) is 83.5 Å². The van der Waals surface area contributed by atoms with Gasteiger partial charge in [0.05, 0.1) is 6.61 Å². The van der Waals surface area contributed by atoms with Gasteiger partial charge in [0.25, 0.3) is 6.47 Å². The number of hydrogen-bond donors (Lipinski definition) is 1. The molecule has 19 heavy (non-hydrogen) atoms. The van der Waals surface area contributed by atoms with Crippen molar-refractivity contribution in [2.24, 2.45) is 0 Å². The Morgan fingerprint density at radius 2 is 1.00 bits per heavy atom. The highest BCUT2D eigenvalue weighted by Gasteiger charge is 1.94. The summed E-state index contributed by atoms with van der Waals surface area (Å²) in [5, 5.41) is 8.65. The summed E-state index contributed by atoms with van der Waals surface area (Å²) in [6, 6.07) is 0. The minimum Gasteiger partial charge on any atom is -0.468 e. The van der Waals surface area contributed by atoms with Gasteiger partial charge in [0.2, 0.25) is 0 Å². The van der Waals surface area contributed by atoms with Crippen LogP contribution in [0.2, 0.25) is 0 Å². The zero-order chi connectivity index (χ0) is 14.0. The molecule has 1 N–H and O–H groups in total. The van der Waals surface area contributed by atoms with E-state index >= 15 is 0 Å². The van der Waals surface area contributed by atoms with Gasteiger partial charge in [-0.15, -0.1) is 0 Å². The highest BCUT2D eigenvalue weighted by molar-refractivity contribution is 5.36. The summed E-state index contributed by atoms with van der Waals surface area (Å²) in [4.78, 5) is 9.91. The molecule has 0 radical (unpaired) electrons. The second-order valence-electron chi connectivity index (χ2n) is 5.29. The maximum atomic E-state index is 9.91. The van der Waals surface area contributed by atoms with Crippen molar-refractivity contribution in [2.75, 3.05) is 13.2 Å². The van der Waals surface area contributed by atoms with E-state index in [2.05, 4.69) is 4.74 Å². The first-order valence-corrected chi connectivity index (χ1v) is 8.08. The van der Waals surface area contributed by atoms with E-state index in [1.165, 1.54) is 70.6 Å². The second-order valence-corrected chi connectivity index (χ2v) is 5.29. The lowest BCUT2D eigenvalue weighted by Crippen LogP contribution is -1.91. The van der Waals surface area contributed by atoms with Gasteiger partial charge >= 0.3 is 0 Å². The minimum atomic E-state index is 0.348. The quantitative estimate of drug-likeness (QED) is 0.338. The van der Waals surface area contributed by atoms with Crippen molar-refractivity contribution in [1.82, 2.24) is 0 Å². The summed E-state index contributed by atoms with van der Waals surface area (Å²) in [6.45, 7) is 1.46.